The lowest BCUT2D eigenvalue weighted by Crippen LogP contribution is -2.28. The van der Waals surface area contributed by atoms with Gasteiger partial charge in [-0.1, -0.05) is 15.9 Å². The van der Waals surface area contributed by atoms with E-state index in [-0.39, 0.29) is 0 Å². The van der Waals surface area contributed by atoms with Crippen molar-refractivity contribution in [3.63, 3.8) is 0 Å². The molecular formula is C13H19BrN2O2S. The quantitative estimate of drug-likeness (QED) is 0.909. The Balaban J connectivity index is 2.48. The highest BCUT2D eigenvalue weighted by Gasteiger charge is 2.29. The fourth-order valence-electron chi connectivity index (χ4n) is 2.35. The van der Waals surface area contributed by atoms with E-state index in [1.807, 2.05) is 20.0 Å². The van der Waals surface area contributed by atoms with Crippen LogP contribution in [0, 0.1) is 6.92 Å². The summed E-state index contributed by atoms with van der Waals surface area (Å²) in [5, 5.41) is 3.05. The zero-order chi connectivity index (χ0) is 14.0. The van der Waals surface area contributed by atoms with Gasteiger partial charge >= 0.3 is 0 Å². The summed E-state index contributed by atoms with van der Waals surface area (Å²) in [6, 6.07) is 3.75. The highest BCUT2D eigenvalue weighted by molar-refractivity contribution is 9.10. The average Bonchev–Trinajstić information content (AvgIpc) is 2.88. The molecule has 0 spiro atoms. The molecule has 6 heteroatoms. The topological polar surface area (TPSA) is 49.4 Å². The van der Waals surface area contributed by atoms with Crippen molar-refractivity contribution in [1.82, 2.24) is 9.62 Å². The van der Waals surface area contributed by atoms with Crippen LogP contribution in [0.5, 0.6) is 0 Å². The highest BCUT2D eigenvalue weighted by atomic mass is 79.9. The van der Waals surface area contributed by atoms with Crippen molar-refractivity contribution in [2.75, 3.05) is 20.1 Å². The molecule has 1 N–H and O–H groups in total. The van der Waals surface area contributed by atoms with Crippen molar-refractivity contribution in [2.24, 2.45) is 0 Å². The molecule has 1 aliphatic rings. The first kappa shape index (κ1) is 15.0. The van der Waals surface area contributed by atoms with Gasteiger partial charge in [0.15, 0.2) is 0 Å². The third kappa shape index (κ3) is 3.02. The van der Waals surface area contributed by atoms with Crippen LogP contribution >= 0.6 is 15.9 Å². The van der Waals surface area contributed by atoms with Crippen molar-refractivity contribution in [2.45, 2.75) is 31.2 Å². The molecule has 1 aliphatic heterocycles. The monoisotopic (exact) mass is 346 g/mol. The molecule has 0 radical (unpaired) electrons. The summed E-state index contributed by atoms with van der Waals surface area (Å²) >= 11 is 3.46. The molecule has 0 amide bonds. The number of benzene rings is 1. The number of nitrogens with one attached hydrogen (secondary N) is 1. The normalized spacial score (nSPS) is 17.0. The number of hydrogen-bond acceptors (Lipinski definition) is 3. The van der Waals surface area contributed by atoms with Crippen LogP contribution in [0.2, 0.25) is 0 Å². The predicted octanol–water partition coefficient (Wildman–Crippen LogP) is 2.26. The molecule has 0 unspecified atom stereocenters. The lowest BCUT2D eigenvalue weighted by atomic mass is 10.1. The number of halogens is 1. The van der Waals surface area contributed by atoms with Crippen molar-refractivity contribution >= 4 is 26.0 Å². The third-order valence-corrected chi connectivity index (χ3v) is 6.27. The van der Waals surface area contributed by atoms with Gasteiger partial charge in [0.1, 0.15) is 0 Å². The van der Waals surface area contributed by atoms with E-state index in [4.69, 9.17) is 0 Å². The van der Waals surface area contributed by atoms with E-state index in [0.717, 1.165) is 28.4 Å². The second-order valence-corrected chi connectivity index (χ2v) is 7.60. The lowest BCUT2D eigenvalue weighted by Gasteiger charge is -2.18. The van der Waals surface area contributed by atoms with Crippen molar-refractivity contribution in [3.05, 3.63) is 27.7 Å². The first-order valence-electron chi connectivity index (χ1n) is 6.40. The van der Waals surface area contributed by atoms with Gasteiger partial charge in [-0.25, -0.2) is 8.42 Å². The van der Waals surface area contributed by atoms with Crippen LogP contribution in [0.15, 0.2) is 21.5 Å². The van der Waals surface area contributed by atoms with E-state index in [1.165, 1.54) is 0 Å². The molecule has 0 aromatic heterocycles. The molecule has 0 saturated carbocycles. The standard InChI is InChI=1S/C13H19BrN2O2S/c1-10-12(14)7-11(9-15-2)8-13(10)19(17,18)16-5-3-4-6-16/h7-8,15H,3-6,9H2,1-2H3. The minimum absolute atomic E-state index is 0.425. The molecule has 19 heavy (non-hydrogen) atoms. The van der Waals surface area contributed by atoms with Crippen molar-refractivity contribution < 1.29 is 8.42 Å². The summed E-state index contributed by atoms with van der Waals surface area (Å²) in [7, 11) is -1.51. The van der Waals surface area contributed by atoms with Crippen molar-refractivity contribution in [3.8, 4) is 0 Å². The maximum atomic E-state index is 12.6. The zero-order valence-electron chi connectivity index (χ0n) is 11.2. The number of rotatable bonds is 4. The minimum Gasteiger partial charge on any atom is -0.316 e. The number of sulfonamides is 1. The molecule has 1 heterocycles. The van der Waals surface area contributed by atoms with E-state index >= 15 is 0 Å². The van der Waals surface area contributed by atoms with Crippen LogP contribution in [0.1, 0.15) is 24.0 Å². The Morgan fingerprint density at radius 2 is 1.95 bits per heavy atom. The summed E-state index contributed by atoms with van der Waals surface area (Å²) in [4.78, 5) is 0.425. The summed E-state index contributed by atoms with van der Waals surface area (Å²) in [5.74, 6) is 0. The Labute approximate surface area is 123 Å². The van der Waals surface area contributed by atoms with E-state index < -0.39 is 10.0 Å². The van der Waals surface area contributed by atoms with Gasteiger partial charge < -0.3 is 5.32 Å². The Kier molecular flexibility index (Phi) is 4.66. The first-order valence-corrected chi connectivity index (χ1v) is 8.64. The van der Waals surface area contributed by atoms with Gasteiger partial charge in [-0.2, -0.15) is 4.31 Å². The maximum absolute atomic E-state index is 12.6. The molecule has 0 bridgehead atoms. The second-order valence-electron chi connectivity index (χ2n) is 4.84. The average molecular weight is 347 g/mol. The summed E-state index contributed by atoms with van der Waals surface area (Å²) in [6.07, 6.45) is 1.91. The van der Waals surface area contributed by atoms with Gasteiger partial charge in [-0.05, 0) is 50.1 Å². The largest absolute Gasteiger partial charge is 0.316 e. The summed E-state index contributed by atoms with van der Waals surface area (Å²) in [5.41, 5.74) is 1.75. The Hall–Kier alpha value is -0.430. The van der Waals surface area contributed by atoms with Crippen molar-refractivity contribution in [1.29, 1.82) is 0 Å². The molecule has 1 saturated heterocycles. The van der Waals surface area contributed by atoms with Gasteiger partial charge in [0.05, 0.1) is 4.90 Å². The first-order chi connectivity index (χ1) is 8.96. The van der Waals surface area contributed by atoms with E-state index in [1.54, 1.807) is 10.4 Å². The summed E-state index contributed by atoms with van der Waals surface area (Å²) in [6.45, 7) is 3.77. The number of nitrogens with zero attached hydrogens (tertiary/aromatic N) is 1. The molecular weight excluding hydrogens is 328 g/mol. The second kappa shape index (κ2) is 5.91. The minimum atomic E-state index is -3.36. The fourth-order valence-corrected chi connectivity index (χ4v) is 4.80. The SMILES string of the molecule is CNCc1cc(Br)c(C)c(S(=O)(=O)N2CCCC2)c1. The van der Waals surface area contributed by atoms with Gasteiger partial charge in [-0.15, -0.1) is 0 Å². The molecule has 2 rings (SSSR count). The molecule has 1 aromatic carbocycles. The summed E-state index contributed by atoms with van der Waals surface area (Å²) < 4.78 is 27.7. The molecule has 4 nitrogen and oxygen atoms in total. The Morgan fingerprint density at radius 1 is 1.32 bits per heavy atom. The number of hydrogen-bond donors (Lipinski definition) is 1. The lowest BCUT2D eigenvalue weighted by molar-refractivity contribution is 0.477. The Bertz CT molecular complexity index is 566. The molecule has 1 fully saturated rings. The van der Waals surface area contributed by atoms with Gasteiger partial charge in [0.25, 0.3) is 0 Å². The molecule has 1 aromatic rings. The van der Waals surface area contributed by atoms with Gasteiger partial charge in [0, 0.05) is 24.1 Å². The van der Waals surface area contributed by atoms with E-state index in [9.17, 15) is 8.42 Å². The molecule has 0 aliphatic carbocycles. The van der Waals surface area contributed by atoms with E-state index in [2.05, 4.69) is 21.2 Å². The smallest absolute Gasteiger partial charge is 0.243 e. The van der Waals surface area contributed by atoms with Gasteiger partial charge in [-0.3, -0.25) is 0 Å². The zero-order valence-corrected chi connectivity index (χ0v) is 13.6. The third-order valence-electron chi connectivity index (χ3n) is 3.42. The maximum Gasteiger partial charge on any atom is 0.243 e. The predicted molar refractivity (Wildman–Crippen MR) is 79.6 cm³/mol. The molecule has 106 valence electrons. The van der Waals surface area contributed by atoms with Crippen LogP contribution in [0.3, 0.4) is 0 Å². The van der Waals surface area contributed by atoms with Crippen LogP contribution in [0.4, 0.5) is 0 Å². The van der Waals surface area contributed by atoms with E-state index in [0.29, 0.717) is 24.5 Å². The van der Waals surface area contributed by atoms with Crippen LogP contribution in [-0.2, 0) is 16.6 Å². The van der Waals surface area contributed by atoms with Crippen LogP contribution in [0.25, 0.3) is 0 Å². The van der Waals surface area contributed by atoms with Crippen LogP contribution < -0.4 is 5.32 Å². The fraction of sp³-hybridized carbons (Fsp3) is 0.538. The van der Waals surface area contributed by atoms with Gasteiger partial charge in [0.2, 0.25) is 10.0 Å². The van der Waals surface area contributed by atoms with Crippen LogP contribution in [-0.4, -0.2) is 32.9 Å². The Morgan fingerprint density at radius 3 is 2.53 bits per heavy atom. The molecule has 0 atom stereocenters. The highest BCUT2D eigenvalue weighted by Crippen LogP contribution is 2.29.